The van der Waals surface area contributed by atoms with E-state index in [1.54, 1.807) is 12.3 Å². The molecule has 1 fully saturated rings. The van der Waals surface area contributed by atoms with Crippen LogP contribution in [0.5, 0.6) is 0 Å². The van der Waals surface area contributed by atoms with Gasteiger partial charge in [-0.2, -0.15) is 5.26 Å². The molecule has 0 bridgehead atoms. The lowest BCUT2D eigenvalue weighted by molar-refractivity contribution is 0.00863. The summed E-state index contributed by atoms with van der Waals surface area (Å²) in [7, 11) is 0. The molecule has 4 rings (SSSR count). The normalized spacial score (nSPS) is 20.5. The topological polar surface area (TPSA) is 77.8 Å². The van der Waals surface area contributed by atoms with E-state index in [-0.39, 0.29) is 6.61 Å². The quantitative estimate of drug-likeness (QED) is 0.764. The molecular weight excluding hydrogens is 333 g/mol. The number of ether oxygens (including phenoxy) is 1. The van der Waals surface area contributed by atoms with Crippen molar-refractivity contribution < 1.29 is 9.13 Å². The average Bonchev–Trinajstić information content (AvgIpc) is 3.22. The Morgan fingerprint density at radius 2 is 2.23 bits per heavy atom. The van der Waals surface area contributed by atoms with E-state index in [0.29, 0.717) is 36.7 Å². The van der Waals surface area contributed by atoms with E-state index in [9.17, 15) is 4.39 Å². The van der Waals surface area contributed by atoms with E-state index in [2.05, 4.69) is 21.0 Å². The third-order valence-electron chi connectivity index (χ3n) is 4.48. The number of imidazole rings is 1. The Labute approximate surface area is 150 Å². The predicted molar refractivity (Wildman–Crippen MR) is 93.8 cm³/mol. The second kappa shape index (κ2) is 7.20. The van der Waals surface area contributed by atoms with Crippen LogP contribution in [0.1, 0.15) is 17.0 Å². The molecule has 1 aromatic carbocycles. The van der Waals surface area contributed by atoms with Crippen molar-refractivity contribution in [3.05, 3.63) is 59.5 Å². The van der Waals surface area contributed by atoms with Gasteiger partial charge in [0, 0.05) is 25.8 Å². The zero-order valence-corrected chi connectivity index (χ0v) is 14.1. The minimum atomic E-state index is -1.04. The number of rotatable bonds is 5. The van der Waals surface area contributed by atoms with Gasteiger partial charge in [-0.15, -0.1) is 0 Å². The molecule has 0 aliphatic carbocycles. The Balaban J connectivity index is 1.35. The smallest absolute Gasteiger partial charge is 0.177 e. The van der Waals surface area contributed by atoms with Crippen molar-refractivity contribution in [1.29, 1.82) is 5.26 Å². The van der Waals surface area contributed by atoms with E-state index in [1.807, 2.05) is 35.2 Å². The minimum Gasteiger partial charge on any atom is -0.366 e. The molecule has 0 spiro atoms. The summed E-state index contributed by atoms with van der Waals surface area (Å²) in [6, 6.07) is 13.2. The molecule has 2 atom stereocenters. The summed E-state index contributed by atoms with van der Waals surface area (Å²) in [5.74, 6) is 0.645. The van der Waals surface area contributed by atoms with Gasteiger partial charge in [0.25, 0.3) is 0 Å². The van der Waals surface area contributed by atoms with Gasteiger partial charge in [-0.05, 0) is 29.8 Å². The highest BCUT2D eigenvalue weighted by Crippen LogP contribution is 2.21. The summed E-state index contributed by atoms with van der Waals surface area (Å²) < 4.78 is 20.1. The van der Waals surface area contributed by atoms with Crippen molar-refractivity contribution >= 4 is 11.2 Å². The van der Waals surface area contributed by atoms with E-state index in [4.69, 9.17) is 10.00 Å². The number of halogens is 1. The van der Waals surface area contributed by atoms with Gasteiger partial charge in [0.2, 0.25) is 0 Å². The number of aromatic nitrogens is 3. The summed E-state index contributed by atoms with van der Waals surface area (Å²) in [6.45, 7) is 1.66. The summed E-state index contributed by atoms with van der Waals surface area (Å²) >= 11 is 0. The number of benzene rings is 1. The first-order valence-electron chi connectivity index (χ1n) is 8.48. The van der Waals surface area contributed by atoms with Gasteiger partial charge in [0.1, 0.15) is 24.7 Å². The van der Waals surface area contributed by atoms with Crippen LogP contribution in [0.25, 0.3) is 11.2 Å². The van der Waals surface area contributed by atoms with Gasteiger partial charge in [0.05, 0.1) is 17.1 Å². The molecule has 7 heteroatoms. The van der Waals surface area contributed by atoms with Gasteiger partial charge in [0.15, 0.2) is 5.65 Å². The Kier molecular flexibility index (Phi) is 4.61. The van der Waals surface area contributed by atoms with Crippen LogP contribution in [0.2, 0.25) is 0 Å². The SMILES string of the molecule is N#Cc1cccc(CN2C[C@@H](F)[C@@H](OCc3nc4ncccc4[nH]3)C2)c1. The fraction of sp³-hybridized carbons (Fsp3) is 0.316. The third kappa shape index (κ3) is 3.57. The number of H-pyrrole nitrogens is 1. The maximum atomic E-state index is 14.3. The van der Waals surface area contributed by atoms with Gasteiger partial charge in [-0.3, -0.25) is 4.90 Å². The highest BCUT2D eigenvalue weighted by atomic mass is 19.1. The van der Waals surface area contributed by atoms with Crippen LogP contribution in [0.3, 0.4) is 0 Å². The fourth-order valence-corrected chi connectivity index (χ4v) is 3.24. The first-order valence-corrected chi connectivity index (χ1v) is 8.48. The molecule has 1 N–H and O–H groups in total. The standard InChI is InChI=1S/C19H18FN5O/c20-15-10-25(9-14-4-1-3-13(7-14)8-21)11-17(15)26-12-18-23-16-5-2-6-22-19(16)24-18/h1-7,15,17H,9-12H2,(H,22,23,24)/t15-,17+/m1/s1. The van der Waals surface area contributed by atoms with Gasteiger partial charge >= 0.3 is 0 Å². The number of likely N-dealkylation sites (tertiary alicyclic amines) is 1. The number of pyridine rings is 1. The lowest BCUT2D eigenvalue weighted by atomic mass is 10.1. The Morgan fingerprint density at radius 3 is 3.08 bits per heavy atom. The monoisotopic (exact) mass is 351 g/mol. The highest BCUT2D eigenvalue weighted by Gasteiger charge is 2.33. The molecule has 3 heterocycles. The molecule has 132 valence electrons. The van der Waals surface area contributed by atoms with Crippen LogP contribution in [0, 0.1) is 11.3 Å². The first kappa shape index (κ1) is 16.6. The second-order valence-corrected chi connectivity index (χ2v) is 6.43. The maximum Gasteiger partial charge on any atom is 0.177 e. The van der Waals surface area contributed by atoms with Crippen molar-refractivity contribution in [3.8, 4) is 6.07 Å². The van der Waals surface area contributed by atoms with E-state index in [0.717, 1.165) is 11.1 Å². The zero-order chi connectivity index (χ0) is 17.9. The fourth-order valence-electron chi connectivity index (χ4n) is 3.24. The van der Waals surface area contributed by atoms with E-state index in [1.165, 1.54) is 0 Å². The van der Waals surface area contributed by atoms with Crippen LogP contribution in [-0.2, 0) is 17.9 Å². The Bertz CT molecular complexity index is 917. The lowest BCUT2D eigenvalue weighted by Gasteiger charge is -2.15. The summed E-state index contributed by atoms with van der Waals surface area (Å²) in [5.41, 5.74) is 3.09. The molecule has 0 saturated carbocycles. The van der Waals surface area contributed by atoms with Crippen molar-refractivity contribution in [3.63, 3.8) is 0 Å². The minimum absolute atomic E-state index is 0.221. The van der Waals surface area contributed by atoms with Crippen LogP contribution in [0.15, 0.2) is 42.6 Å². The van der Waals surface area contributed by atoms with Crippen LogP contribution in [0.4, 0.5) is 4.39 Å². The van der Waals surface area contributed by atoms with Crippen molar-refractivity contribution in [2.45, 2.75) is 25.4 Å². The average molecular weight is 351 g/mol. The molecular formula is C19H18FN5O. The number of nitrogens with zero attached hydrogens (tertiary/aromatic N) is 4. The maximum absolute atomic E-state index is 14.3. The van der Waals surface area contributed by atoms with E-state index >= 15 is 0 Å². The largest absolute Gasteiger partial charge is 0.366 e. The number of alkyl halides is 1. The Hall–Kier alpha value is -2.82. The second-order valence-electron chi connectivity index (χ2n) is 6.43. The zero-order valence-electron chi connectivity index (χ0n) is 14.1. The molecule has 1 saturated heterocycles. The van der Waals surface area contributed by atoms with Crippen LogP contribution < -0.4 is 0 Å². The van der Waals surface area contributed by atoms with Crippen LogP contribution >= 0.6 is 0 Å². The molecule has 6 nitrogen and oxygen atoms in total. The lowest BCUT2D eigenvalue weighted by Crippen LogP contribution is -2.24. The van der Waals surface area contributed by atoms with Gasteiger partial charge < -0.3 is 9.72 Å². The summed E-state index contributed by atoms with van der Waals surface area (Å²) in [4.78, 5) is 13.7. The number of hydrogen-bond acceptors (Lipinski definition) is 5. The molecule has 26 heavy (non-hydrogen) atoms. The molecule has 0 unspecified atom stereocenters. The predicted octanol–water partition coefficient (Wildman–Crippen LogP) is 2.57. The molecule has 1 aliphatic rings. The molecule has 1 aliphatic heterocycles. The third-order valence-corrected chi connectivity index (χ3v) is 4.48. The molecule has 2 aromatic heterocycles. The van der Waals surface area contributed by atoms with Gasteiger partial charge in [-0.25, -0.2) is 14.4 Å². The number of hydrogen-bond donors (Lipinski definition) is 1. The molecule has 0 radical (unpaired) electrons. The van der Waals surface area contributed by atoms with Crippen molar-refractivity contribution in [2.75, 3.05) is 13.1 Å². The summed E-state index contributed by atoms with van der Waals surface area (Å²) in [6.07, 6.45) is 0.147. The van der Waals surface area contributed by atoms with Gasteiger partial charge in [-0.1, -0.05) is 12.1 Å². The van der Waals surface area contributed by atoms with Crippen molar-refractivity contribution in [1.82, 2.24) is 19.9 Å². The summed E-state index contributed by atoms with van der Waals surface area (Å²) in [5, 5.41) is 8.98. The number of fused-ring (bicyclic) bond motifs is 1. The number of aromatic amines is 1. The van der Waals surface area contributed by atoms with Crippen molar-refractivity contribution in [2.24, 2.45) is 0 Å². The molecule has 0 amide bonds. The number of nitrogens with one attached hydrogen (secondary N) is 1. The number of nitriles is 1. The Morgan fingerprint density at radius 1 is 1.31 bits per heavy atom. The van der Waals surface area contributed by atoms with Crippen LogP contribution in [-0.4, -0.2) is 45.2 Å². The molecule has 3 aromatic rings. The highest BCUT2D eigenvalue weighted by molar-refractivity contribution is 5.69. The van der Waals surface area contributed by atoms with E-state index < -0.39 is 12.3 Å². The first-order chi connectivity index (χ1) is 12.7.